The topological polar surface area (TPSA) is 54.7 Å². The maximum Gasteiger partial charge on any atom is 0.287 e. The number of anilines is 1. The Morgan fingerprint density at radius 3 is 2.64 bits per heavy atom. The van der Waals surface area contributed by atoms with Crippen LogP contribution < -0.4 is 10.2 Å². The molecule has 1 fully saturated rings. The number of benzene rings is 2. The van der Waals surface area contributed by atoms with Gasteiger partial charge in [0.1, 0.15) is 5.58 Å². The van der Waals surface area contributed by atoms with Gasteiger partial charge in [-0.2, -0.15) is 0 Å². The predicted octanol–water partition coefficient (Wildman–Crippen LogP) is 4.20. The van der Waals surface area contributed by atoms with Crippen LogP contribution in [-0.4, -0.2) is 38.8 Å². The number of nitrogens with zero attached hydrogens (tertiary/aromatic N) is 1. The number of morpholine rings is 1. The SMILES string of the molecule is Cc1c(C(=O)NCCc2ccc(N3CCOCC3)cc2)oc2ccc(Cl)cc12. The van der Waals surface area contributed by atoms with Crippen molar-refractivity contribution in [1.82, 2.24) is 5.32 Å². The number of furan rings is 1. The number of carbonyl (C=O) groups is 1. The Hall–Kier alpha value is -2.50. The number of ether oxygens (including phenoxy) is 1. The number of aryl methyl sites for hydroxylation is 1. The van der Waals surface area contributed by atoms with E-state index in [0.29, 0.717) is 22.9 Å². The lowest BCUT2D eigenvalue weighted by atomic mass is 10.1. The number of halogens is 1. The molecule has 1 N–H and O–H groups in total. The molecule has 1 aliphatic rings. The molecule has 4 rings (SSSR count). The van der Waals surface area contributed by atoms with Crippen LogP contribution in [0.5, 0.6) is 0 Å². The summed E-state index contributed by atoms with van der Waals surface area (Å²) in [4.78, 5) is 14.8. The van der Waals surface area contributed by atoms with E-state index in [1.165, 1.54) is 11.3 Å². The lowest BCUT2D eigenvalue weighted by molar-refractivity contribution is 0.0928. The third kappa shape index (κ3) is 4.01. The number of amides is 1. The third-order valence-corrected chi connectivity index (χ3v) is 5.35. The van der Waals surface area contributed by atoms with Crippen LogP contribution in [0.2, 0.25) is 5.02 Å². The molecule has 1 aliphatic heterocycles. The molecule has 0 unspecified atom stereocenters. The Bertz CT molecular complexity index is 975. The van der Waals surface area contributed by atoms with Gasteiger partial charge in [-0.15, -0.1) is 0 Å². The van der Waals surface area contributed by atoms with Crippen LogP contribution in [0.3, 0.4) is 0 Å². The molecule has 0 saturated carbocycles. The monoisotopic (exact) mass is 398 g/mol. The fourth-order valence-electron chi connectivity index (χ4n) is 3.51. The van der Waals surface area contributed by atoms with Gasteiger partial charge >= 0.3 is 0 Å². The predicted molar refractivity (Wildman–Crippen MR) is 111 cm³/mol. The molecule has 5 nitrogen and oxygen atoms in total. The molecule has 2 heterocycles. The molecule has 1 amide bonds. The van der Waals surface area contributed by atoms with E-state index < -0.39 is 0 Å². The molecule has 1 aromatic heterocycles. The van der Waals surface area contributed by atoms with Gasteiger partial charge in [-0.3, -0.25) is 4.79 Å². The Morgan fingerprint density at radius 1 is 1.14 bits per heavy atom. The maximum atomic E-state index is 12.5. The summed E-state index contributed by atoms with van der Waals surface area (Å²) in [7, 11) is 0. The molecular weight excluding hydrogens is 376 g/mol. The Labute approximate surface area is 169 Å². The number of rotatable bonds is 5. The second kappa shape index (κ2) is 8.25. The molecular formula is C22H23ClN2O3. The molecule has 0 spiro atoms. The van der Waals surface area contributed by atoms with Gasteiger partial charge in [-0.1, -0.05) is 23.7 Å². The summed E-state index contributed by atoms with van der Waals surface area (Å²) < 4.78 is 11.1. The highest BCUT2D eigenvalue weighted by Crippen LogP contribution is 2.27. The maximum absolute atomic E-state index is 12.5. The fraction of sp³-hybridized carbons (Fsp3) is 0.318. The Balaban J connectivity index is 1.34. The molecule has 1 saturated heterocycles. The van der Waals surface area contributed by atoms with Gasteiger partial charge in [-0.25, -0.2) is 0 Å². The average Bonchev–Trinajstić information content (AvgIpc) is 3.05. The quantitative estimate of drug-likeness (QED) is 0.699. The van der Waals surface area contributed by atoms with Crippen molar-refractivity contribution in [2.45, 2.75) is 13.3 Å². The molecule has 28 heavy (non-hydrogen) atoms. The molecule has 0 bridgehead atoms. The van der Waals surface area contributed by atoms with Gasteiger partial charge < -0.3 is 19.4 Å². The van der Waals surface area contributed by atoms with Gasteiger partial charge in [0.05, 0.1) is 13.2 Å². The minimum atomic E-state index is -0.199. The van der Waals surface area contributed by atoms with Crippen LogP contribution in [0, 0.1) is 6.92 Å². The number of carbonyl (C=O) groups excluding carboxylic acids is 1. The van der Waals surface area contributed by atoms with Crippen molar-refractivity contribution >= 4 is 34.2 Å². The van der Waals surface area contributed by atoms with Crippen LogP contribution in [-0.2, 0) is 11.2 Å². The van der Waals surface area contributed by atoms with Crippen LogP contribution >= 0.6 is 11.6 Å². The minimum absolute atomic E-state index is 0.199. The Kier molecular flexibility index (Phi) is 5.55. The highest BCUT2D eigenvalue weighted by Gasteiger charge is 2.17. The van der Waals surface area contributed by atoms with Gasteiger partial charge in [0.2, 0.25) is 0 Å². The summed E-state index contributed by atoms with van der Waals surface area (Å²) in [6.07, 6.45) is 0.764. The second-order valence-electron chi connectivity index (χ2n) is 6.97. The molecule has 3 aromatic rings. The second-order valence-corrected chi connectivity index (χ2v) is 7.40. The summed E-state index contributed by atoms with van der Waals surface area (Å²) in [5.74, 6) is 0.148. The molecule has 2 aromatic carbocycles. The van der Waals surface area contributed by atoms with Gasteiger partial charge in [-0.05, 0) is 49.2 Å². The van der Waals surface area contributed by atoms with E-state index in [1.807, 2.05) is 13.0 Å². The summed E-state index contributed by atoms with van der Waals surface area (Å²) >= 11 is 6.04. The standard InChI is InChI=1S/C22H23ClN2O3/c1-15-19-14-17(23)4-7-20(19)28-21(15)22(26)24-9-8-16-2-5-18(6-3-16)25-10-12-27-13-11-25/h2-7,14H,8-13H2,1H3,(H,24,26). The Morgan fingerprint density at radius 2 is 1.89 bits per heavy atom. The van der Waals surface area contributed by atoms with E-state index in [2.05, 4.69) is 34.5 Å². The smallest absolute Gasteiger partial charge is 0.287 e. The van der Waals surface area contributed by atoms with Crippen LogP contribution in [0.25, 0.3) is 11.0 Å². The number of fused-ring (bicyclic) bond motifs is 1. The van der Waals surface area contributed by atoms with E-state index in [1.54, 1.807) is 12.1 Å². The first kappa shape index (κ1) is 18.8. The normalized spacial score (nSPS) is 14.4. The molecule has 0 radical (unpaired) electrons. The summed E-state index contributed by atoms with van der Waals surface area (Å²) in [6.45, 7) is 5.84. The van der Waals surface area contributed by atoms with Crippen molar-refractivity contribution in [1.29, 1.82) is 0 Å². The fourth-order valence-corrected chi connectivity index (χ4v) is 3.68. The molecule has 6 heteroatoms. The van der Waals surface area contributed by atoms with Crippen LogP contribution in [0.1, 0.15) is 21.7 Å². The number of hydrogen-bond acceptors (Lipinski definition) is 4. The van der Waals surface area contributed by atoms with Crippen molar-refractivity contribution in [3.05, 3.63) is 64.4 Å². The number of nitrogens with one attached hydrogen (secondary N) is 1. The lowest BCUT2D eigenvalue weighted by Crippen LogP contribution is -2.36. The first-order valence-electron chi connectivity index (χ1n) is 9.50. The largest absolute Gasteiger partial charge is 0.451 e. The first-order chi connectivity index (χ1) is 13.6. The zero-order valence-corrected chi connectivity index (χ0v) is 16.6. The van der Waals surface area contributed by atoms with E-state index in [9.17, 15) is 4.79 Å². The van der Waals surface area contributed by atoms with E-state index in [0.717, 1.165) is 43.7 Å². The summed E-state index contributed by atoms with van der Waals surface area (Å²) in [6, 6.07) is 13.9. The van der Waals surface area contributed by atoms with Crippen LogP contribution in [0.15, 0.2) is 46.9 Å². The van der Waals surface area contributed by atoms with Crippen molar-refractivity contribution < 1.29 is 13.9 Å². The number of hydrogen-bond donors (Lipinski definition) is 1. The van der Waals surface area contributed by atoms with E-state index in [-0.39, 0.29) is 5.91 Å². The molecule has 0 atom stereocenters. The zero-order valence-electron chi connectivity index (χ0n) is 15.8. The lowest BCUT2D eigenvalue weighted by Gasteiger charge is -2.28. The molecule has 146 valence electrons. The van der Waals surface area contributed by atoms with E-state index in [4.69, 9.17) is 20.8 Å². The highest BCUT2D eigenvalue weighted by atomic mass is 35.5. The molecule has 0 aliphatic carbocycles. The highest BCUT2D eigenvalue weighted by molar-refractivity contribution is 6.31. The van der Waals surface area contributed by atoms with Crippen molar-refractivity contribution in [2.75, 3.05) is 37.7 Å². The van der Waals surface area contributed by atoms with Crippen LogP contribution in [0.4, 0.5) is 5.69 Å². The van der Waals surface area contributed by atoms with Crippen molar-refractivity contribution in [2.24, 2.45) is 0 Å². The minimum Gasteiger partial charge on any atom is -0.451 e. The summed E-state index contributed by atoms with van der Waals surface area (Å²) in [5, 5.41) is 4.45. The third-order valence-electron chi connectivity index (χ3n) is 5.12. The van der Waals surface area contributed by atoms with E-state index >= 15 is 0 Å². The average molecular weight is 399 g/mol. The van der Waals surface area contributed by atoms with Gasteiger partial charge in [0, 0.05) is 41.3 Å². The summed E-state index contributed by atoms with van der Waals surface area (Å²) in [5.41, 5.74) is 3.88. The zero-order chi connectivity index (χ0) is 19.5. The van der Waals surface area contributed by atoms with Gasteiger partial charge in [0.15, 0.2) is 5.76 Å². The van der Waals surface area contributed by atoms with Crippen molar-refractivity contribution in [3.8, 4) is 0 Å². The van der Waals surface area contributed by atoms with Crippen molar-refractivity contribution in [3.63, 3.8) is 0 Å². The first-order valence-corrected chi connectivity index (χ1v) is 9.88. The van der Waals surface area contributed by atoms with Gasteiger partial charge in [0.25, 0.3) is 5.91 Å².